The van der Waals surface area contributed by atoms with Gasteiger partial charge in [-0.25, -0.2) is 4.39 Å². The van der Waals surface area contributed by atoms with E-state index in [1.807, 2.05) is 24.3 Å². The van der Waals surface area contributed by atoms with Gasteiger partial charge in [0.05, 0.1) is 111 Å². The normalized spacial score (nSPS) is 15.7. The van der Waals surface area contributed by atoms with Gasteiger partial charge in [0, 0.05) is 38.2 Å². The third kappa shape index (κ3) is 18.1. The number of carbonyl (C=O) groups is 1. The minimum absolute atomic E-state index is 0.0755. The zero-order valence-corrected chi connectivity index (χ0v) is 45.0. The number of rotatable bonds is 36. The van der Waals surface area contributed by atoms with Gasteiger partial charge in [-0.15, -0.1) is 10.2 Å². The van der Waals surface area contributed by atoms with E-state index in [1.54, 1.807) is 13.2 Å². The zero-order chi connectivity index (χ0) is 52.6. The number of ether oxygens (including phenoxy) is 10. The van der Waals surface area contributed by atoms with Gasteiger partial charge < -0.3 is 57.2 Å². The minimum atomic E-state index is -0.221. The number of pyridine rings is 1. The SMILES string of the molecule is COc1c(OCCOCCOCCOCCOCCOCCOCCOCCOc2ccc(C3CCN(c4ccn5c(CC6CC6)nnc5c4Cl)CC3)cc2)cccc1C(=O)C1CCN(CCc2ccc(F)cc2)CC1. The first-order valence-electron chi connectivity index (χ1n) is 27.3. The molecule has 0 unspecified atom stereocenters. The van der Waals surface area contributed by atoms with Crippen molar-refractivity contribution >= 4 is 28.7 Å². The van der Waals surface area contributed by atoms with Crippen LogP contribution in [0.15, 0.2) is 79.0 Å². The molecule has 0 N–H and O–H groups in total. The Balaban J connectivity index is 0.548. The molecular weight excluding hydrogens is 997 g/mol. The highest BCUT2D eigenvalue weighted by atomic mass is 35.5. The molecule has 4 heterocycles. The highest BCUT2D eigenvalue weighted by Gasteiger charge is 2.30. The molecule has 414 valence electrons. The number of methoxy groups -OCH3 is 1. The molecular formula is C58H77ClFN5O11. The molecule has 1 aliphatic carbocycles. The van der Waals surface area contributed by atoms with Crippen LogP contribution in [0.4, 0.5) is 10.1 Å². The van der Waals surface area contributed by atoms with Crippen molar-refractivity contribution in [3.8, 4) is 17.2 Å². The number of hydrogen-bond donors (Lipinski definition) is 0. The van der Waals surface area contributed by atoms with Crippen LogP contribution < -0.4 is 19.1 Å². The number of fused-ring (bicyclic) bond motifs is 1. The Morgan fingerprint density at radius 2 is 1.20 bits per heavy atom. The number of benzene rings is 3. The van der Waals surface area contributed by atoms with Gasteiger partial charge in [0.2, 0.25) is 0 Å². The van der Waals surface area contributed by atoms with Gasteiger partial charge in [-0.1, -0.05) is 41.9 Å². The summed E-state index contributed by atoms with van der Waals surface area (Å²) < 4.78 is 72.2. The van der Waals surface area contributed by atoms with Crippen LogP contribution >= 0.6 is 11.6 Å². The second-order valence-corrected chi connectivity index (χ2v) is 19.9. The van der Waals surface area contributed by atoms with Gasteiger partial charge in [0.25, 0.3) is 0 Å². The highest BCUT2D eigenvalue weighted by Crippen LogP contribution is 2.38. The molecule has 76 heavy (non-hydrogen) atoms. The van der Waals surface area contributed by atoms with Crippen molar-refractivity contribution < 1.29 is 56.6 Å². The average molecular weight is 1070 g/mol. The number of hydrogen-bond acceptors (Lipinski definition) is 15. The quantitative estimate of drug-likeness (QED) is 0.0279. The second-order valence-electron chi connectivity index (χ2n) is 19.5. The van der Waals surface area contributed by atoms with E-state index in [9.17, 15) is 9.18 Å². The van der Waals surface area contributed by atoms with Crippen molar-refractivity contribution in [2.45, 2.75) is 57.3 Å². The third-order valence-electron chi connectivity index (χ3n) is 14.2. The van der Waals surface area contributed by atoms with E-state index in [2.05, 4.69) is 60.9 Å². The van der Waals surface area contributed by atoms with Crippen molar-refractivity contribution in [3.05, 3.63) is 112 Å². The fraction of sp³-hybridized carbons (Fsp3) is 0.569. The maximum Gasteiger partial charge on any atom is 0.181 e. The van der Waals surface area contributed by atoms with Crippen molar-refractivity contribution in [2.24, 2.45) is 11.8 Å². The Morgan fingerprint density at radius 3 is 1.76 bits per heavy atom. The van der Waals surface area contributed by atoms with Gasteiger partial charge in [-0.2, -0.15) is 0 Å². The van der Waals surface area contributed by atoms with E-state index >= 15 is 0 Å². The van der Waals surface area contributed by atoms with Crippen LogP contribution in [-0.2, 0) is 46.0 Å². The summed E-state index contributed by atoms with van der Waals surface area (Å²) in [6.07, 6.45) is 10.1. The number of halogens is 2. The van der Waals surface area contributed by atoms with Crippen LogP contribution in [-0.4, -0.2) is 171 Å². The lowest BCUT2D eigenvalue weighted by Gasteiger charge is -2.34. The van der Waals surface area contributed by atoms with E-state index in [-0.39, 0.29) is 17.5 Å². The van der Waals surface area contributed by atoms with Gasteiger partial charge in [0.15, 0.2) is 22.9 Å². The molecule has 18 heteroatoms. The van der Waals surface area contributed by atoms with E-state index in [4.69, 9.17) is 59.0 Å². The van der Waals surface area contributed by atoms with Crippen molar-refractivity contribution in [2.75, 3.05) is 150 Å². The Hall–Kier alpha value is -4.95. The number of likely N-dealkylation sites (tertiary alicyclic amines) is 1. The van der Waals surface area contributed by atoms with Gasteiger partial charge in [0.1, 0.15) is 35.6 Å². The molecule has 1 saturated carbocycles. The number of anilines is 1. The molecule has 2 saturated heterocycles. The zero-order valence-electron chi connectivity index (χ0n) is 44.2. The van der Waals surface area contributed by atoms with Crippen LogP contribution in [0.2, 0.25) is 5.02 Å². The molecule has 3 aromatic carbocycles. The minimum Gasteiger partial charge on any atom is -0.492 e. The van der Waals surface area contributed by atoms with E-state index in [0.717, 1.165) is 106 Å². The summed E-state index contributed by atoms with van der Waals surface area (Å²) in [6.45, 7) is 11.7. The summed E-state index contributed by atoms with van der Waals surface area (Å²) in [5, 5.41) is 9.55. The number of nitrogens with zero attached hydrogens (tertiary/aromatic N) is 5. The van der Waals surface area contributed by atoms with E-state index in [1.165, 1.54) is 30.5 Å². The van der Waals surface area contributed by atoms with Crippen LogP contribution in [0.1, 0.15) is 71.8 Å². The lowest BCUT2D eigenvalue weighted by Crippen LogP contribution is -2.37. The largest absolute Gasteiger partial charge is 0.492 e. The highest BCUT2D eigenvalue weighted by molar-refractivity contribution is 6.36. The average Bonchev–Trinajstić information content (AvgIpc) is 4.19. The molecule has 0 bridgehead atoms. The molecule has 3 fully saturated rings. The lowest BCUT2D eigenvalue weighted by molar-refractivity contribution is -0.0219. The lowest BCUT2D eigenvalue weighted by atomic mass is 9.88. The fourth-order valence-corrected chi connectivity index (χ4v) is 9.99. The Labute approximate surface area is 452 Å². The monoisotopic (exact) mass is 1070 g/mol. The Bertz CT molecular complexity index is 2470. The summed E-state index contributed by atoms with van der Waals surface area (Å²) in [5.41, 5.74) is 4.79. The van der Waals surface area contributed by atoms with E-state index in [0.29, 0.717) is 134 Å². The summed E-state index contributed by atoms with van der Waals surface area (Å²) in [4.78, 5) is 18.3. The molecule has 5 aromatic rings. The van der Waals surface area contributed by atoms with Gasteiger partial charge in [-0.3, -0.25) is 9.20 Å². The van der Waals surface area contributed by atoms with Crippen LogP contribution in [0, 0.1) is 17.7 Å². The van der Waals surface area contributed by atoms with Crippen molar-refractivity contribution in [3.63, 3.8) is 0 Å². The maximum absolute atomic E-state index is 13.6. The van der Waals surface area contributed by atoms with Crippen LogP contribution in [0.5, 0.6) is 17.2 Å². The molecule has 3 aliphatic rings. The van der Waals surface area contributed by atoms with Crippen molar-refractivity contribution in [1.29, 1.82) is 0 Å². The molecule has 16 nitrogen and oxygen atoms in total. The number of carbonyl (C=O) groups excluding carboxylic acids is 1. The predicted molar refractivity (Wildman–Crippen MR) is 288 cm³/mol. The first-order valence-corrected chi connectivity index (χ1v) is 27.7. The summed E-state index contributed by atoms with van der Waals surface area (Å²) in [5.74, 6) is 3.84. The molecule has 0 spiro atoms. The molecule has 0 atom stereocenters. The Kier molecular flexibility index (Phi) is 23.7. The first kappa shape index (κ1) is 57.2. The molecule has 0 amide bonds. The fourth-order valence-electron chi connectivity index (χ4n) is 9.68. The van der Waals surface area contributed by atoms with Gasteiger partial charge in [-0.05, 0) is 123 Å². The smallest absolute Gasteiger partial charge is 0.181 e. The third-order valence-corrected chi connectivity index (χ3v) is 14.5. The standard InChI is InChI=1S/C58H77ClFN5O11/c1-67-57-51(56(66)48-16-22-63(23-17-48)21-15-44-7-11-49(60)12-8-44)3-2-4-53(57)76-42-40-74-38-36-72-34-32-70-30-28-68-27-29-69-31-33-71-35-37-73-39-41-75-50-13-9-46(10-14-50)47-18-24-64(25-19-47)52-20-26-65-54(43-45-5-6-45)61-62-58(65)55(52)59/h2-4,7-14,20,26,45,47-48H,5-6,15-19,21-25,27-43H2,1H3. The molecule has 2 aliphatic heterocycles. The van der Waals surface area contributed by atoms with Crippen molar-refractivity contribution in [1.82, 2.24) is 19.5 Å². The molecule has 0 radical (unpaired) electrons. The summed E-state index contributed by atoms with van der Waals surface area (Å²) >= 11 is 6.87. The summed E-state index contributed by atoms with van der Waals surface area (Å²) in [6, 6.07) is 22.7. The van der Waals surface area contributed by atoms with Crippen LogP contribution in [0.25, 0.3) is 5.65 Å². The number of para-hydroxylation sites is 1. The number of piperidine rings is 2. The number of Topliss-reactive ketones (excluding diaryl/α,β-unsaturated/α-hetero) is 1. The number of aromatic nitrogens is 3. The predicted octanol–water partition coefficient (Wildman–Crippen LogP) is 8.58. The van der Waals surface area contributed by atoms with E-state index < -0.39 is 0 Å². The van der Waals surface area contributed by atoms with Gasteiger partial charge >= 0.3 is 0 Å². The summed E-state index contributed by atoms with van der Waals surface area (Å²) in [7, 11) is 1.56. The maximum atomic E-state index is 13.6. The molecule has 8 rings (SSSR count). The topological polar surface area (TPSA) is 146 Å². The molecule has 2 aromatic heterocycles. The first-order chi connectivity index (χ1) is 37.4. The second kappa shape index (κ2) is 31.5. The van der Waals surface area contributed by atoms with Crippen LogP contribution in [0.3, 0.4) is 0 Å². The Morgan fingerprint density at radius 1 is 0.632 bits per heavy atom. The number of ketones is 1.